The van der Waals surface area contributed by atoms with Gasteiger partial charge in [-0.15, -0.1) is 0 Å². The van der Waals surface area contributed by atoms with Crippen molar-refractivity contribution in [3.8, 4) is 0 Å². The second kappa shape index (κ2) is 8.85. The minimum absolute atomic E-state index is 0.187. The molecule has 0 aromatic carbocycles. The van der Waals surface area contributed by atoms with E-state index >= 15 is 0 Å². The first kappa shape index (κ1) is 17.7. The minimum atomic E-state index is -1.01. The van der Waals surface area contributed by atoms with Crippen LogP contribution in [0, 0.1) is 5.41 Å². The van der Waals surface area contributed by atoms with Gasteiger partial charge in [0.25, 0.3) is 0 Å². The predicted octanol–water partition coefficient (Wildman–Crippen LogP) is 2.94. The maximum Gasteiger partial charge on any atom is 0.235 e. The standard InChI is InChI=1S/C17H30N2O2/c1-4-5-12-18-15(20)17(2,3)16(21)19-13-11-14-9-7-6-8-10-14/h9H,4-8,10-13H2,1-3H3,(H,18,20)(H,19,21). The number of hydrogen-bond donors (Lipinski definition) is 2. The number of carbonyl (C=O) groups excluding carboxylic acids is 2. The van der Waals surface area contributed by atoms with Crippen molar-refractivity contribution >= 4 is 11.8 Å². The molecule has 0 bridgehead atoms. The molecule has 2 N–H and O–H groups in total. The molecule has 0 atom stereocenters. The zero-order valence-corrected chi connectivity index (χ0v) is 13.8. The van der Waals surface area contributed by atoms with Gasteiger partial charge >= 0.3 is 0 Å². The average Bonchev–Trinajstić information content (AvgIpc) is 2.48. The molecule has 0 aromatic heterocycles. The predicted molar refractivity (Wildman–Crippen MR) is 85.9 cm³/mol. The Morgan fingerprint density at radius 2 is 1.81 bits per heavy atom. The van der Waals surface area contributed by atoms with Crippen LogP contribution in [0.4, 0.5) is 0 Å². The first-order valence-electron chi connectivity index (χ1n) is 8.23. The summed E-state index contributed by atoms with van der Waals surface area (Å²) in [5.41, 5.74) is 0.432. The van der Waals surface area contributed by atoms with E-state index < -0.39 is 5.41 Å². The van der Waals surface area contributed by atoms with Crippen LogP contribution in [0.3, 0.4) is 0 Å². The van der Waals surface area contributed by atoms with Gasteiger partial charge in [0.1, 0.15) is 5.41 Å². The Labute approximate surface area is 128 Å². The van der Waals surface area contributed by atoms with Crippen LogP contribution < -0.4 is 10.6 Å². The maximum atomic E-state index is 12.2. The average molecular weight is 294 g/mol. The molecule has 0 spiro atoms. The minimum Gasteiger partial charge on any atom is -0.355 e. The second-order valence-corrected chi connectivity index (χ2v) is 6.35. The van der Waals surface area contributed by atoms with Gasteiger partial charge in [-0.1, -0.05) is 25.0 Å². The molecule has 4 heteroatoms. The quantitative estimate of drug-likeness (QED) is 0.411. The maximum absolute atomic E-state index is 12.2. The van der Waals surface area contributed by atoms with Gasteiger partial charge in [0.05, 0.1) is 0 Å². The van der Waals surface area contributed by atoms with Gasteiger partial charge in [0.15, 0.2) is 0 Å². The molecule has 1 aliphatic carbocycles. The van der Waals surface area contributed by atoms with Gasteiger partial charge in [0.2, 0.25) is 11.8 Å². The Morgan fingerprint density at radius 3 is 2.38 bits per heavy atom. The molecule has 0 unspecified atom stereocenters. The molecule has 1 rings (SSSR count). The first-order valence-corrected chi connectivity index (χ1v) is 8.23. The van der Waals surface area contributed by atoms with Crippen LogP contribution in [-0.2, 0) is 9.59 Å². The molecule has 1 aliphatic rings. The van der Waals surface area contributed by atoms with E-state index in [1.807, 2.05) is 0 Å². The van der Waals surface area contributed by atoms with E-state index in [1.54, 1.807) is 13.8 Å². The van der Waals surface area contributed by atoms with Crippen molar-refractivity contribution in [2.24, 2.45) is 5.41 Å². The van der Waals surface area contributed by atoms with Crippen molar-refractivity contribution < 1.29 is 9.59 Å². The summed E-state index contributed by atoms with van der Waals surface area (Å²) in [6.45, 7) is 6.70. The Balaban J connectivity index is 2.34. The number of hydrogen-bond acceptors (Lipinski definition) is 2. The number of nitrogens with one attached hydrogen (secondary N) is 2. The van der Waals surface area contributed by atoms with Crippen LogP contribution in [0.5, 0.6) is 0 Å². The highest BCUT2D eigenvalue weighted by molar-refractivity contribution is 6.04. The summed E-state index contributed by atoms with van der Waals surface area (Å²) >= 11 is 0. The van der Waals surface area contributed by atoms with Gasteiger partial charge in [-0.3, -0.25) is 9.59 Å². The number of unbranched alkanes of at least 4 members (excludes halogenated alkanes) is 1. The van der Waals surface area contributed by atoms with Crippen molar-refractivity contribution in [3.05, 3.63) is 11.6 Å². The van der Waals surface area contributed by atoms with Gasteiger partial charge in [0, 0.05) is 13.1 Å². The lowest BCUT2D eigenvalue weighted by Crippen LogP contribution is -2.48. The van der Waals surface area contributed by atoms with Crippen molar-refractivity contribution in [3.63, 3.8) is 0 Å². The molecular weight excluding hydrogens is 264 g/mol. The summed E-state index contributed by atoms with van der Waals surface area (Å²) < 4.78 is 0. The van der Waals surface area contributed by atoms with Crippen LogP contribution in [-0.4, -0.2) is 24.9 Å². The molecular formula is C17H30N2O2. The lowest BCUT2D eigenvalue weighted by atomic mass is 9.90. The van der Waals surface area contributed by atoms with Crippen molar-refractivity contribution in [1.82, 2.24) is 10.6 Å². The smallest absolute Gasteiger partial charge is 0.235 e. The van der Waals surface area contributed by atoms with Crippen LogP contribution in [0.25, 0.3) is 0 Å². The molecule has 0 radical (unpaired) electrons. The molecule has 0 saturated heterocycles. The third kappa shape index (κ3) is 5.90. The SMILES string of the molecule is CCCCNC(=O)C(C)(C)C(=O)NCCC1=CCCCC1. The highest BCUT2D eigenvalue weighted by Gasteiger charge is 2.35. The third-order valence-electron chi connectivity index (χ3n) is 4.07. The van der Waals surface area contributed by atoms with Crippen molar-refractivity contribution in [2.75, 3.05) is 13.1 Å². The van der Waals surface area contributed by atoms with E-state index in [4.69, 9.17) is 0 Å². The monoisotopic (exact) mass is 294 g/mol. The number of carbonyl (C=O) groups is 2. The Morgan fingerprint density at radius 1 is 1.14 bits per heavy atom. The summed E-state index contributed by atoms with van der Waals surface area (Å²) in [7, 11) is 0. The largest absolute Gasteiger partial charge is 0.355 e. The molecule has 21 heavy (non-hydrogen) atoms. The second-order valence-electron chi connectivity index (χ2n) is 6.35. The van der Waals surface area contributed by atoms with Crippen LogP contribution in [0.1, 0.15) is 65.7 Å². The van der Waals surface area contributed by atoms with E-state index in [2.05, 4.69) is 23.6 Å². The molecule has 0 aliphatic heterocycles. The molecule has 2 amide bonds. The third-order valence-corrected chi connectivity index (χ3v) is 4.07. The van der Waals surface area contributed by atoms with Gasteiger partial charge in [-0.25, -0.2) is 0 Å². The summed E-state index contributed by atoms with van der Waals surface area (Å²) in [4.78, 5) is 24.3. The topological polar surface area (TPSA) is 58.2 Å². The molecule has 0 heterocycles. The fraction of sp³-hybridized carbons (Fsp3) is 0.765. The lowest BCUT2D eigenvalue weighted by Gasteiger charge is -2.23. The van der Waals surface area contributed by atoms with E-state index in [9.17, 15) is 9.59 Å². The van der Waals surface area contributed by atoms with Crippen molar-refractivity contribution in [1.29, 1.82) is 0 Å². The van der Waals surface area contributed by atoms with Gasteiger partial charge < -0.3 is 10.6 Å². The highest BCUT2D eigenvalue weighted by Crippen LogP contribution is 2.20. The molecule has 4 nitrogen and oxygen atoms in total. The van der Waals surface area contributed by atoms with Gasteiger partial charge in [-0.05, 0) is 52.4 Å². The molecule has 0 saturated carbocycles. The Bertz CT molecular complexity index is 386. The van der Waals surface area contributed by atoms with Crippen LogP contribution >= 0.6 is 0 Å². The van der Waals surface area contributed by atoms with E-state index in [-0.39, 0.29) is 11.8 Å². The van der Waals surface area contributed by atoms with Crippen LogP contribution in [0.15, 0.2) is 11.6 Å². The normalized spacial score (nSPS) is 15.3. The van der Waals surface area contributed by atoms with Crippen molar-refractivity contribution in [2.45, 2.75) is 65.7 Å². The molecule has 0 fully saturated rings. The Hall–Kier alpha value is -1.32. The number of allylic oxidation sites excluding steroid dienone is 1. The fourth-order valence-electron chi connectivity index (χ4n) is 2.39. The molecule has 120 valence electrons. The summed E-state index contributed by atoms with van der Waals surface area (Å²) in [6.07, 6.45) is 10.0. The summed E-state index contributed by atoms with van der Waals surface area (Å²) in [5, 5.41) is 5.73. The van der Waals surface area contributed by atoms with Gasteiger partial charge in [-0.2, -0.15) is 0 Å². The van der Waals surface area contributed by atoms with E-state index in [1.165, 1.54) is 18.4 Å². The fourth-order valence-corrected chi connectivity index (χ4v) is 2.39. The number of amides is 2. The Kier molecular flexibility index (Phi) is 7.48. The summed E-state index contributed by atoms with van der Waals surface area (Å²) in [6, 6.07) is 0. The molecule has 0 aromatic rings. The number of rotatable bonds is 8. The highest BCUT2D eigenvalue weighted by atomic mass is 16.2. The zero-order valence-electron chi connectivity index (χ0n) is 13.8. The zero-order chi connectivity index (χ0) is 15.7. The lowest BCUT2D eigenvalue weighted by molar-refractivity contribution is -0.141. The summed E-state index contributed by atoms with van der Waals surface area (Å²) in [5.74, 6) is -0.377. The van der Waals surface area contributed by atoms with E-state index in [0.29, 0.717) is 13.1 Å². The van der Waals surface area contributed by atoms with E-state index in [0.717, 1.165) is 32.1 Å². The van der Waals surface area contributed by atoms with Crippen LogP contribution in [0.2, 0.25) is 0 Å². The first-order chi connectivity index (χ1) is 9.98.